The molecule has 0 saturated carbocycles. The number of methoxy groups -OCH3 is 1. The molecule has 0 aliphatic carbocycles. The molecule has 1 rings (SSSR count). The molecule has 1 amide bonds. The highest BCUT2D eigenvalue weighted by molar-refractivity contribution is 6.32. The van der Waals surface area contributed by atoms with Crippen molar-refractivity contribution in [1.29, 1.82) is 0 Å². The van der Waals surface area contributed by atoms with Crippen molar-refractivity contribution >= 4 is 17.5 Å². The number of alkyl halides is 3. The summed E-state index contributed by atoms with van der Waals surface area (Å²) in [5, 5.41) is 0.115. The number of halogens is 4. The Morgan fingerprint density at radius 1 is 1.19 bits per heavy atom. The Hall–Kier alpha value is -1.63. The van der Waals surface area contributed by atoms with Crippen molar-refractivity contribution in [3.8, 4) is 11.5 Å². The van der Waals surface area contributed by atoms with Gasteiger partial charge in [0.15, 0.2) is 11.5 Å². The van der Waals surface area contributed by atoms with Gasteiger partial charge in [0, 0.05) is 12.1 Å². The molecule has 0 aromatic heterocycles. The van der Waals surface area contributed by atoms with E-state index in [4.69, 9.17) is 21.1 Å². The van der Waals surface area contributed by atoms with Crippen LogP contribution in [0.5, 0.6) is 11.5 Å². The zero-order valence-electron chi connectivity index (χ0n) is 15.7. The van der Waals surface area contributed by atoms with Gasteiger partial charge in [0.1, 0.15) is 6.54 Å². The van der Waals surface area contributed by atoms with Crippen molar-refractivity contribution in [3.05, 3.63) is 22.7 Å². The minimum atomic E-state index is -4.50. The van der Waals surface area contributed by atoms with Crippen LogP contribution in [0.2, 0.25) is 5.02 Å². The first-order valence-electron chi connectivity index (χ1n) is 8.24. The summed E-state index contributed by atoms with van der Waals surface area (Å²) in [7, 11) is 1.38. The Labute approximate surface area is 157 Å². The summed E-state index contributed by atoms with van der Waals surface area (Å²) in [6, 6.07) is 2.66. The summed E-state index contributed by atoms with van der Waals surface area (Å²) in [6.07, 6.45) is -3.76. The molecule has 0 aliphatic rings. The number of carbonyl (C=O) groups excluding carboxylic acids is 1. The second-order valence-electron chi connectivity index (χ2n) is 7.17. The third kappa shape index (κ3) is 6.94. The van der Waals surface area contributed by atoms with Gasteiger partial charge in [-0.3, -0.25) is 4.79 Å². The van der Waals surface area contributed by atoms with E-state index in [0.29, 0.717) is 6.61 Å². The van der Waals surface area contributed by atoms with E-state index in [1.165, 1.54) is 19.2 Å². The van der Waals surface area contributed by atoms with Gasteiger partial charge in [-0.1, -0.05) is 39.3 Å². The summed E-state index contributed by atoms with van der Waals surface area (Å²) in [4.78, 5) is 13.5. The van der Waals surface area contributed by atoms with Crippen LogP contribution in [-0.4, -0.2) is 43.8 Å². The molecule has 0 aliphatic heterocycles. The van der Waals surface area contributed by atoms with E-state index in [0.717, 1.165) is 11.3 Å². The van der Waals surface area contributed by atoms with E-state index >= 15 is 0 Å². The van der Waals surface area contributed by atoms with Crippen LogP contribution in [-0.2, 0) is 0 Å². The molecule has 148 valence electrons. The highest BCUT2D eigenvalue weighted by Crippen LogP contribution is 2.37. The highest BCUT2D eigenvalue weighted by atomic mass is 35.5. The molecule has 0 spiro atoms. The van der Waals surface area contributed by atoms with E-state index < -0.39 is 24.0 Å². The van der Waals surface area contributed by atoms with E-state index in [9.17, 15) is 18.0 Å². The molecule has 1 aromatic rings. The smallest absolute Gasteiger partial charge is 0.406 e. The largest absolute Gasteiger partial charge is 0.493 e. The van der Waals surface area contributed by atoms with Crippen LogP contribution in [0.4, 0.5) is 13.2 Å². The average molecular weight is 396 g/mol. The SMILES string of the molecule is CCCOc1c(Cl)cc(C(=O)N(CC(C)(C)C)CC(F)(F)F)cc1OC. The topological polar surface area (TPSA) is 38.8 Å². The van der Waals surface area contributed by atoms with Crippen LogP contribution in [0.3, 0.4) is 0 Å². The minimum Gasteiger partial charge on any atom is -0.493 e. The number of rotatable bonds is 7. The van der Waals surface area contributed by atoms with Crippen molar-refractivity contribution in [2.24, 2.45) is 5.41 Å². The fraction of sp³-hybridized carbons (Fsp3) is 0.611. The molecule has 0 atom stereocenters. The lowest BCUT2D eigenvalue weighted by Gasteiger charge is -2.31. The van der Waals surface area contributed by atoms with Gasteiger partial charge in [-0.2, -0.15) is 13.2 Å². The third-order valence-electron chi connectivity index (χ3n) is 3.25. The van der Waals surface area contributed by atoms with Gasteiger partial charge in [0.25, 0.3) is 5.91 Å². The monoisotopic (exact) mass is 395 g/mol. The standard InChI is InChI=1S/C18H25ClF3NO3/c1-6-7-26-15-13(19)8-12(9-14(15)25-5)16(24)23(10-17(2,3)4)11-18(20,21)22/h8-9H,6-7,10-11H2,1-5H3. The lowest BCUT2D eigenvalue weighted by molar-refractivity contribution is -0.142. The molecule has 0 N–H and O–H groups in total. The molecule has 0 saturated heterocycles. The van der Waals surface area contributed by atoms with Crippen molar-refractivity contribution in [2.45, 2.75) is 40.3 Å². The van der Waals surface area contributed by atoms with E-state index in [2.05, 4.69) is 0 Å². The fourth-order valence-corrected chi connectivity index (χ4v) is 2.62. The first-order valence-corrected chi connectivity index (χ1v) is 8.62. The number of carbonyl (C=O) groups is 1. The summed E-state index contributed by atoms with van der Waals surface area (Å²) in [5.41, 5.74) is -0.483. The number of benzene rings is 1. The molecule has 0 bridgehead atoms. The predicted octanol–water partition coefficient (Wildman–Crippen LogP) is 5.19. The highest BCUT2D eigenvalue weighted by Gasteiger charge is 2.35. The molecule has 0 fully saturated rings. The molecule has 0 radical (unpaired) electrons. The molecule has 4 nitrogen and oxygen atoms in total. The number of nitrogens with zero attached hydrogens (tertiary/aromatic N) is 1. The Bertz CT molecular complexity index is 611. The Morgan fingerprint density at radius 2 is 1.81 bits per heavy atom. The van der Waals surface area contributed by atoms with Crippen LogP contribution in [0, 0.1) is 5.41 Å². The number of hydrogen-bond donors (Lipinski definition) is 0. The quantitative estimate of drug-likeness (QED) is 0.637. The second-order valence-corrected chi connectivity index (χ2v) is 7.58. The van der Waals surface area contributed by atoms with Crippen LogP contribution in [0.25, 0.3) is 0 Å². The van der Waals surface area contributed by atoms with Crippen molar-refractivity contribution in [3.63, 3.8) is 0 Å². The van der Waals surface area contributed by atoms with E-state index in [-0.39, 0.29) is 28.6 Å². The predicted molar refractivity (Wildman–Crippen MR) is 95.2 cm³/mol. The lowest BCUT2D eigenvalue weighted by atomic mass is 9.95. The molecule has 8 heteroatoms. The summed E-state index contributed by atoms with van der Waals surface area (Å²) in [6.45, 7) is 6.21. The minimum absolute atomic E-state index is 0.0178. The van der Waals surface area contributed by atoms with E-state index in [1.807, 2.05) is 6.92 Å². The fourth-order valence-electron chi connectivity index (χ4n) is 2.36. The zero-order chi connectivity index (χ0) is 20.1. The van der Waals surface area contributed by atoms with Gasteiger partial charge in [-0.15, -0.1) is 0 Å². The van der Waals surface area contributed by atoms with Crippen molar-refractivity contribution in [1.82, 2.24) is 4.90 Å². The number of hydrogen-bond acceptors (Lipinski definition) is 3. The van der Waals surface area contributed by atoms with Crippen molar-refractivity contribution in [2.75, 3.05) is 26.8 Å². The molecule has 0 heterocycles. The molecular weight excluding hydrogens is 371 g/mol. The van der Waals surface area contributed by atoms with Crippen LogP contribution in [0.15, 0.2) is 12.1 Å². The third-order valence-corrected chi connectivity index (χ3v) is 3.53. The van der Waals surface area contributed by atoms with Gasteiger partial charge >= 0.3 is 6.18 Å². The first-order chi connectivity index (χ1) is 11.9. The molecule has 1 aromatic carbocycles. The molecule has 0 unspecified atom stereocenters. The normalized spacial score (nSPS) is 12.0. The lowest BCUT2D eigenvalue weighted by Crippen LogP contribution is -2.43. The Kier molecular flexibility index (Phi) is 7.62. The molecule has 26 heavy (non-hydrogen) atoms. The zero-order valence-corrected chi connectivity index (χ0v) is 16.4. The second kappa shape index (κ2) is 8.84. The van der Waals surface area contributed by atoms with Gasteiger partial charge in [0.05, 0.1) is 18.7 Å². The van der Waals surface area contributed by atoms with Crippen LogP contribution in [0.1, 0.15) is 44.5 Å². The maximum absolute atomic E-state index is 12.9. The number of ether oxygens (including phenoxy) is 2. The summed E-state index contributed by atoms with van der Waals surface area (Å²) in [5.74, 6) is -0.290. The first kappa shape index (κ1) is 22.4. The van der Waals surface area contributed by atoms with Gasteiger partial charge in [0.2, 0.25) is 0 Å². The molecular formula is C18H25ClF3NO3. The van der Waals surface area contributed by atoms with E-state index in [1.54, 1.807) is 20.8 Å². The average Bonchev–Trinajstić information content (AvgIpc) is 2.48. The summed E-state index contributed by atoms with van der Waals surface area (Å²) >= 11 is 6.17. The summed E-state index contributed by atoms with van der Waals surface area (Å²) < 4.78 is 49.5. The van der Waals surface area contributed by atoms with Gasteiger partial charge in [-0.05, 0) is 24.0 Å². The van der Waals surface area contributed by atoms with Crippen LogP contribution < -0.4 is 9.47 Å². The Balaban J connectivity index is 3.23. The number of amides is 1. The maximum atomic E-state index is 12.9. The van der Waals surface area contributed by atoms with Gasteiger partial charge < -0.3 is 14.4 Å². The maximum Gasteiger partial charge on any atom is 0.406 e. The van der Waals surface area contributed by atoms with Crippen LogP contribution >= 0.6 is 11.6 Å². The Morgan fingerprint density at radius 3 is 2.27 bits per heavy atom. The van der Waals surface area contributed by atoms with Crippen molar-refractivity contribution < 1.29 is 27.4 Å². The van der Waals surface area contributed by atoms with Gasteiger partial charge in [-0.25, -0.2) is 0 Å².